The van der Waals surface area contributed by atoms with Crippen LogP contribution in [0.15, 0.2) is 23.8 Å². The van der Waals surface area contributed by atoms with Gasteiger partial charge in [-0.05, 0) is 32.1 Å². The Balaban J connectivity index is 2.75. The molecule has 0 amide bonds. The monoisotopic (exact) mass is 234 g/mol. The van der Waals surface area contributed by atoms with E-state index < -0.39 is 0 Å². The van der Waals surface area contributed by atoms with Crippen LogP contribution in [0.1, 0.15) is 65.2 Å². The van der Waals surface area contributed by atoms with Crippen LogP contribution in [0.4, 0.5) is 0 Å². The van der Waals surface area contributed by atoms with Gasteiger partial charge in [0.1, 0.15) is 5.78 Å². The lowest BCUT2D eigenvalue weighted by molar-refractivity contribution is -0.122. The van der Waals surface area contributed by atoms with Gasteiger partial charge in [-0.3, -0.25) is 4.79 Å². The number of Topliss-reactive ketones (excluding diaryl/α,β-unsaturated/α-hetero) is 1. The third-order valence-electron chi connectivity index (χ3n) is 3.42. The second kappa shape index (κ2) is 8.27. The van der Waals surface area contributed by atoms with E-state index in [2.05, 4.69) is 32.1 Å². The SMILES string of the molecule is CCCC=C(CCC)C1CC/C=C\CCC1=O. The average molecular weight is 234 g/mol. The summed E-state index contributed by atoms with van der Waals surface area (Å²) in [5, 5.41) is 0. The van der Waals surface area contributed by atoms with Crippen molar-refractivity contribution in [3.63, 3.8) is 0 Å². The summed E-state index contributed by atoms with van der Waals surface area (Å²) in [5.41, 5.74) is 1.41. The van der Waals surface area contributed by atoms with E-state index in [1.54, 1.807) is 0 Å². The number of rotatable bonds is 5. The van der Waals surface area contributed by atoms with Crippen molar-refractivity contribution in [2.24, 2.45) is 5.92 Å². The Morgan fingerprint density at radius 1 is 1.29 bits per heavy atom. The van der Waals surface area contributed by atoms with E-state index in [-0.39, 0.29) is 5.92 Å². The second-order valence-corrected chi connectivity index (χ2v) is 4.92. The molecule has 0 aromatic rings. The Labute approximate surface area is 106 Å². The van der Waals surface area contributed by atoms with Crippen LogP contribution >= 0.6 is 0 Å². The number of hydrogen-bond donors (Lipinski definition) is 0. The van der Waals surface area contributed by atoms with E-state index in [4.69, 9.17) is 0 Å². The standard InChI is InChI=1S/C16H26O/c1-3-5-11-14(10-4-2)15-12-8-6-7-9-13-16(15)17/h6-7,11,15H,3-5,8-10,12-13H2,1-2H3/b7-6-,14-11?. The predicted molar refractivity (Wildman–Crippen MR) is 74.0 cm³/mol. The molecule has 17 heavy (non-hydrogen) atoms. The van der Waals surface area contributed by atoms with Gasteiger partial charge in [-0.15, -0.1) is 0 Å². The van der Waals surface area contributed by atoms with Gasteiger partial charge in [0.2, 0.25) is 0 Å². The van der Waals surface area contributed by atoms with Crippen LogP contribution in [-0.2, 0) is 4.79 Å². The van der Waals surface area contributed by atoms with Gasteiger partial charge in [0.25, 0.3) is 0 Å². The van der Waals surface area contributed by atoms with Crippen molar-refractivity contribution in [2.75, 3.05) is 0 Å². The Morgan fingerprint density at radius 2 is 2.06 bits per heavy atom. The van der Waals surface area contributed by atoms with Crippen molar-refractivity contribution >= 4 is 5.78 Å². The Kier molecular flexibility index (Phi) is 6.91. The van der Waals surface area contributed by atoms with Crippen LogP contribution in [0.25, 0.3) is 0 Å². The summed E-state index contributed by atoms with van der Waals surface area (Å²) < 4.78 is 0. The largest absolute Gasteiger partial charge is 0.299 e. The van der Waals surface area contributed by atoms with Crippen molar-refractivity contribution in [1.29, 1.82) is 0 Å². The number of allylic oxidation sites excluding steroid dienone is 4. The first kappa shape index (κ1) is 14.2. The highest BCUT2D eigenvalue weighted by Crippen LogP contribution is 2.27. The molecule has 1 rings (SSSR count). The van der Waals surface area contributed by atoms with Crippen molar-refractivity contribution in [1.82, 2.24) is 0 Å². The molecule has 0 aliphatic heterocycles. The molecule has 96 valence electrons. The van der Waals surface area contributed by atoms with Gasteiger partial charge >= 0.3 is 0 Å². The molecule has 0 saturated heterocycles. The molecule has 0 aromatic heterocycles. The van der Waals surface area contributed by atoms with E-state index in [0.717, 1.165) is 44.9 Å². The highest BCUT2D eigenvalue weighted by Gasteiger charge is 2.21. The maximum Gasteiger partial charge on any atom is 0.140 e. The maximum absolute atomic E-state index is 12.2. The summed E-state index contributed by atoms with van der Waals surface area (Å²) in [7, 11) is 0. The first-order valence-electron chi connectivity index (χ1n) is 7.16. The Bertz CT molecular complexity index is 286. The average Bonchev–Trinajstić information content (AvgIpc) is 2.31. The van der Waals surface area contributed by atoms with Crippen molar-refractivity contribution < 1.29 is 4.79 Å². The summed E-state index contributed by atoms with van der Waals surface area (Å²) in [6.07, 6.45) is 15.0. The normalized spacial score (nSPS) is 24.2. The summed E-state index contributed by atoms with van der Waals surface area (Å²) >= 11 is 0. The molecule has 0 fully saturated rings. The van der Waals surface area contributed by atoms with Crippen LogP contribution in [0.5, 0.6) is 0 Å². The molecular formula is C16H26O. The molecule has 0 spiro atoms. The maximum atomic E-state index is 12.2. The molecule has 0 aromatic carbocycles. The van der Waals surface area contributed by atoms with Crippen LogP contribution in [0.3, 0.4) is 0 Å². The van der Waals surface area contributed by atoms with Gasteiger partial charge in [-0.2, -0.15) is 0 Å². The number of carbonyl (C=O) groups excluding carboxylic acids is 1. The van der Waals surface area contributed by atoms with Crippen LogP contribution < -0.4 is 0 Å². The third kappa shape index (κ3) is 4.89. The van der Waals surface area contributed by atoms with Crippen LogP contribution in [0, 0.1) is 5.92 Å². The summed E-state index contributed by atoms with van der Waals surface area (Å²) in [5.74, 6) is 0.677. The van der Waals surface area contributed by atoms with Crippen molar-refractivity contribution in [3.8, 4) is 0 Å². The molecule has 1 aliphatic rings. The van der Waals surface area contributed by atoms with Gasteiger partial charge in [0, 0.05) is 12.3 Å². The van der Waals surface area contributed by atoms with Gasteiger partial charge in [-0.25, -0.2) is 0 Å². The van der Waals surface area contributed by atoms with E-state index >= 15 is 0 Å². The molecule has 0 saturated carbocycles. The van der Waals surface area contributed by atoms with Gasteiger partial charge in [0.15, 0.2) is 0 Å². The lowest BCUT2D eigenvalue weighted by Gasteiger charge is -2.20. The molecule has 1 atom stereocenters. The Morgan fingerprint density at radius 3 is 2.76 bits per heavy atom. The number of hydrogen-bond acceptors (Lipinski definition) is 1. The first-order valence-corrected chi connectivity index (χ1v) is 7.16. The summed E-state index contributed by atoms with van der Waals surface area (Å²) in [4.78, 5) is 12.2. The predicted octanol–water partition coefficient (Wildman–Crippen LogP) is 4.83. The van der Waals surface area contributed by atoms with Crippen LogP contribution in [-0.4, -0.2) is 5.78 Å². The zero-order valence-corrected chi connectivity index (χ0v) is 11.4. The van der Waals surface area contributed by atoms with E-state index in [0.29, 0.717) is 5.78 Å². The second-order valence-electron chi connectivity index (χ2n) is 4.92. The topological polar surface area (TPSA) is 17.1 Å². The minimum atomic E-state index is 0.214. The fourth-order valence-electron chi connectivity index (χ4n) is 2.49. The number of unbranched alkanes of at least 4 members (excludes halogenated alkanes) is 1. The lowest BCUT2D eigenvalue weighted by Crippen LogP contribution is -2.18. The number of carbonyl (C=O) groups is 1. The molecule has 1 unspecified atom stereocenters. The van der Waals surface area contributed by atoms with Crippen molar-refractivity contribution in [3.05, 3.63) is 23.8 Å². The number of ketones is 1. The van der Waals surface area contributed by atoms with Gasteiger partial charge < -0.3 is 0 Å². The minimum Gasteiger partial charge on any atom is -0.299 e. The molecule has 0 bridgehead atoms. The minimum absolute atomic E-state index is 0.214. The molecular weight excluding hydrogens is 208 g/mol. The molecule has 0 heterocycles. The fourth-order valence-corrected chi connectivity index (χ4v) is 2.49. The van der Waals surface area contributed by atoms with Crippen LogP contribution in [0.2, 0.25) is 0 Å². The molecule has 1 nitrogen and oxygen atoms in total. The third-order valence-corrected chi connectivity index (χ3v) is 3.42. The zero-order chi connectivity index (χ0) is 12.5. The zero-order valence-electron chi connectivity index (χ0n) is 11.4. The first-order chi connectivity index (χ1) is 8.29. The molecule has 1 heteroatoms. The molecule has 0 radical (unpaired) electrons. The molecule has 0 N–H and O–H groups in total. The van der Waals surface area contributed by atoms with E-state index in [1.807, 2.05) is 0 Å². The van der Waals surface area contributed by atoms with Gasteiger partial charge in [0.05, 0.1) is 0 Å². The fraction of sp³-hybridized carbons (Fsp3) is 0.688. The lowest BCUT2D eigenvalue weighted by atomic mass is 9.84. The summed E-state index contributed by atoms with van der Waals surface area (Å²) in [6.45, 7) is 4.40. The Hall–Kier alpha value is -0.850. The highest BCUT2D eigenvalue weighted by molar-refractivity contribution is 5.84. The van der Waals surface area contributed by atoms with Gasteiger partial charge in [-0.1, -0.05) is 50.5 Å². The highest BCUT2D eigenvalue weighted by atomic mass is 16.1. The van der Waals surface area contributed by atoms with Crippen molar-refractivity contribution in [2.45, 2.75) is 65.2 Å². The molecule has 1 aliphatic carbocycles. The van der Waals surface area contributed by atoms with E-state index in [9.17, 15) is 4.79 Å². The smallest absolute Gasteiger partial charge is 0.140 e. The van der Waals surface area contributed by atoms with E-state index in [1.165, 1.54) is 12.0 Å². The quantitative estimate of drug-likeness (QED) is 0.623. The summed E-state index contributed by atoms with van der Waals surface area (Å²) in [6, 6.07) is 0.